The van der Waals surface area contributed by atoms with Crippen molar-refractivity contribution < 1.29 is 0 Å². The Balaban J connectivity index is 1.65. The molecule has 1 unspecified atom stereocenters. The monoisotopic (exact) mass is 268 g/mol. The highest BCUT2D eigenvalue weighted by molar-refractivity contribution is 5.61. The van der Waals surface area contributed by atoms with Gasteiger partial charge in [-0.2, -0.15) is 0 Å². The third kappa shape index (κ3) is 3.33. The molecule has 20 heavy (non-hydrogen) atoms. The second-order valence-corrected chi connectivity index (χ2v) is 5.25. The van der Waals surface area contributed by atoms with Crippen LogP contribution in [-0.2, 0) is 0 Å². The first-order chi connectivity index (χ1) is 9.92. The maximum atomic E-state index is 4.34. The Morgan fingerprint density at radius 3 is 2.90 bits per heavy atom. The van der Waals surface area contributed by atoms with Crippen molar-refractivity contribution in [3.63, 3.8) is 0 Å². The van der Waals surface area contributed by atoms with Gasteiger partial charge in [0.1, 0.15) is 12.1 Å². The van der Waals surface area contributed by atoms with Crippen LogP contribution in [0.2, 0.25) is 0 Å². The van der Waals surface area contributed by atoms with E-state index in [0.29, 0.717) is 5.92 Å². The molecule has 0 saturated carbocycles. The summed E-state index contributed by atoms with van der Waals surface area (Å²) in [6.07, 6.45) is 4.19. The number of hydrogen-bond donors (Lipinski definition) is 2. The summed E-state index contributed by atoms with van der Waals surface area (Å²) in [7, 11) is 0. The van der Waals surface area contributed by atoms with Crippen LogP contribution in [0.1, 0.15) is 12.8 Å². The van der Waals surface area contributed by atoms with Crippen LogP contribution < -0.4 is 10.6 Å². The van der Waals surface area contributed by atoms with Crippen molar-refractivity contribution in [2.45, 2.75) is 12.8 Å². The van der Waals surface area contributed by atoms with E-state index in [0.717, 1.165) is 36.7 Å². The van der Waals surface area contributed by atoms with Gasteiger partial charge in [-0.15, -0.1) is 0 Å². The molecule has 1 fully saturated rings. The fraction of sp³-hybridized carbons (Fsp3) is 0.375. The molecule has 0 bridgehead atoms. The summed E-state index contributed by atoms with van der Waals surface area (Å²) in [4.78, 5) is 8.65. The lowest BCUT2D eigenvalue weighted by atomic mass is 10.00. The smallest absolute Gasteiger partial charge is 0.129 e. The number of hydrogen-bond acceptors (Lipinski definition) is 4. The molecule has 104 valence electrons. The van der Waals surface area contributed by atoms with E-state index >= 15 is 0 Å². The SMILES string of the molecule is c1ccc(-c2cc(NCC3CCCNC3)ncn2)cc1. The summed E-state index contributed by atoms with van der Waals surface area (Å²) in [5.74, 6) is 1.60. The summed E-state index contributed by atoms with van der Waals surface area (Å²) in [6, 6.07) is 12.2. The van der Waals surface area contributed by atoms with Crippen LogP contribution in [0.5, 0.6) is 0 Å². The molecule has 1 aromatic carbocycles. The van der Waals surface area contributed by atoms with Crippen LogP contribution in [0.4, 0.5) is 5.82 Å². The molecule has 1 aliphatic heterocycles. The van der Waals surface area contributed by atoms with Crippen LogP contribution in [0.15, 0.2) is 42.7 Å². The Morgan fingerprint density at radius 1 is 1.20 bits per heavy atom. The normalized spacial score (nSPS) is 18.7. The molecule has 2 N–H and O–H groups in total. The van der Waals surface area contributed by atoms with E-state index in [-0.39, 0.29) is 0 Å². The summed E-state index contributed by atoms with van der Waals surface area (Å²) in [5.41, 5.74) is 2.09. The lowest BCUT2D eigenvalue weighted by Crippen LogP contribution is -2.33. The number of piperidine rings is 1. The molecule has 0 spiro atoms. The highest BCUT2D eigenvalue weighted by Gasteiger charge is 2.12. The third-order valence-electron chi connectivity index (χ3n) is 3.71. The topological polar surface area (TPSA) is 49.8 Å². The van der Waals surface area contributed by atoms with Gasteiger partial charge in [-0.1, -0.05) is 30.3 Å². The van der Waals surface area contributed by atoms with E-state index in [2.05, 4.69) is 32.7 Å². The minimum absolute atomic E-state index is 0.693. The fourth-order valence-corrected chi connectivity index (χ4v) is 2.57. The highest BCUT2D eigenvalue weighted by Crippen LogP contribution is 2.18. The van der Waals surface area contributed by atoms with E-state index in [9.17, 15) is 0 Å². The number of benzene rings is 1. The molecule has 0 radical (unpaired) electrons. The summed E-state index contributed by atoms with van der Waals surface area (Å²) >= 11 is 0. The van der Waals surface area contributed by atoms with Crippen molar-refractivity contribution in [1.82, 2.24) is 15.3 Å². The molecule has 4 heteroatoms. The molecular formula is C16H20N4. The van der Waals surface area contributed by atoms with Crippen molar-refractivity contribution in [1.29, 1.82) is 0 Å². The number of nitrogens with one attached hydrogen (secondary N) is 2. The first-order valence-electron chi connectivity index (χ1n) is 7.24. The second-order valence-electron chi connectivity index (χ2n) is 5.25. The van der Waals surface area contributed by atoms with Gasteiger partial charge in [0, 0.05) is 18.2 Å². The summed E-state index contributed by atoms with van der Waals surface area (Å²) < 4.78 is 0. The van der Waals surface area contributed by atoms with Crippen molar-refractivity contribution in [2.75, 3.05) is 25.0 Å². The molecule has 2 aromatic rings. The van der Waals surface area contributed by atoms with E-state index < -0.39 is 0 Å². The molecule has 1 atom stereocenters. The summed E-state index contributed by atoms with van der Waals surface area (Å²) in [5, 5.41) is 6.87. The van der Waals surface area contributed by atoms with Crippen LogP contribution in [0.3, 0.4) is 0 Å². The van der Waals surface area contributed by atoms with Gasteiger partial charge in [0.2, 0.25) is 0 Å². The zero-order valence-electron chi connectivity index (χ0n) is 11.5. The first kappa shape index (κ1) is 13.1. The number of anilines is 1. The van der Waals surface area contributed by atoms with Gasteiger partial charge in [0.15, 0.2) is 0 Å². The highest BCUT2D eigenvalue weighted by atomic mass is 15.0. The third-order valence-corrected chi connectivity index (χ3v) is 3.71. The molecule has 3 rings (SSSR count). The Labute approximate surface area is 119 Å². The van der Waals surface area contributed by atoms with E-state index in [1.807, 2.05) is 24.3 Å². The van der Waals surface area contributed by atoms with Gasteiger partial charge >= 0.3 is 0 Å². The Bertz CT molecular complexity index is 535. The van der Waals surface area contributed by atoms with Crippen molar-refractivity contribution >= 4 is 5.82 Å². The van der Waals surface area contributed by atoms with Crippen molar-refractivity contribution in [2.24, 2.45) is 5.92 Å². The van der Waals surface area contributed by atoms with E-state index in [1.54, 1.807) is 6.33 Å². The fourth-order valence-electron chi connectivity index (χ4n) is 2.57. The van der Waals surface area contributed by atoms with Gasteiger partial charge < -0.3 is 10.6 Å². The first-order valence-corrected chi connectivity index (χ1v) is 7.24. The minimum Gasteiger partial charge on any atom is -0.370 e. The second kappa shape index (κ2) is 6.48. The lowest BCUT2D eigenvalue weighted by Gasteiger charge is -2.23. The maximum Gasteiger partial charge on any atom is 0.129 e. The Hall–Kier alpha value is -1.94. The zero-order chi connectivity index (χ0) is 13.6. The van der Waals surface area contributed by atoms with Crippen molar-refractivity contribution in [3.8, 4) is 11.3 Å². The van der Waals surface area contributed by atoms with Gasteiger partial charge in [-0.3, -0.25) is 0 Å². The molecule has 1 aliphatic rings. The average molecular weight is 268 g/mol. The molecule has 4 nitrogen and oxygen atoms in total. The van der Waals surface area contributed by atoms with E-state index in [4.69, 9.17) is 0 Å². The number of rotatable bonds is 4. The van der Waals surface area contributed by atoms with Gasteiger partial charge in [-0.05, 0) is 31.8 Å². The maximum absolute atomic E-state index is 4.34. The number of nitrogens with zero attached hydrogens (tertiary/aromatic N) is 2. The molecule has 2 heterocycles. The molecule has 0 amide bonds. The minimum atomic E-state index is 0.693. The van der Waals surface area contributed by atoms with Crippen LogP contribution in [0, 0.1) is 5.92 Å². The van der Waals surface area contributed by atoms with Crippen LogP contribution in [0.25, 0.3) is 11.3 Å². The standard InChI is InChI=1S/C16H20N4/c1-2-6-14(7-3-1)15-9-16(20-12-19-15)18-11-13-5-4-8-17-10-13/h1-3,6-7,9,12-13,17H,4-5,8,10-11H2,(H,18,19,20). The molecule has 1 saturated heterocycles. The van der Waals surface area contributed by atoms with Gasteiger partial charge in [-0.25, -0.2) is 9.97 Å². The largest absolute Gasteiger partial charge is 0.370 e. The Kier molecular flexibility index (Phi) is 4.23. The average Bonchev–Trinajstić information content (AvgIpc) is 2.55. The molecular weight excluding hydrogens is 248 g/mol. The number of aromatic nitrogens is 2. The van der Waals surface area contributed by atoms with Crippen molar-refractivity contribution in [3.05, 3.63) is 42.7 Å². The predicted octanol–water partition coefficient (Wildman–Crippen LogP) is 2.56. The van der Waals surface area contributed by atoms with E-state index in [1.165, 1.54) is 12.8 Å². The van der Waals surface area contributed by atoms with Gasteiger partial charge in [0.25, 0.3) is 0 Å². The predicted molar refractivity (Wildman–Crippen MR) is 81.6 cm³/mol. The molecule has 0 aliphatic carbocycles. The van der Waals surface area contributed by atoms with Crippen LogP contribution in [-0.4, -0.2) is 29.6 Å². The quantitative estimate of drug-likeness (QED) is 0.894. The lowest BCUT2D eigenvalue weighted by molar-refractivity contribution is 0.392. The van der Waals surface area contributed by atoms with Crippen LogP contribution >= 0.6 is 0 Å². The Morgan fingerprint density at radius 2 is 2.10 bits per heavy atom. The summed E-state index contributed by atoms with van der Waals surface area (Å²) in [6.45, 7) is 3.23. The molecule has 1 aromatic heterocycles. The zero-order valence-corrected chi connectivity index (χ0v) is 11.5. The van der Waals surface area contributed by atoms with Gasteiger partial charge in [0.05, 0.1) is 5.69 Å².